The monoisotopic (exact) mass is 255 g/mol. The molecule has 1 aliphatic carbocycles. The van der Waals surface area contributed by atoms with Crippen LogP contribution in [0, 0.1) is 11.3 Å². The maximum Gasteiger partial charge on any atom is 0.316 e. The van der Waals surface area contributed by atoms with Crippen LogP contribution in [0.3, 0.4) is 0 Å². The van der Waals surface area contributed by atoms with Crippen molar-refractivity contribution in [2.45, 2.75) is 65.3 Å². The first-order chi connectivity index (χ1) is 8.16. The van der Waals surface area contributed by atoms with Crippen LogP contribution in [0.4, 0.5) is 0 Å². The molecule has 0 heterocycles. The van der Waals surface area contributed by atoms with E-state index in [0.717, 1.165) is 25.7 Å². The van der Waals surface area contributed by atoms with Crippen LogP contribution in [0.2, 0.25) is 0 Å². The van der Waals surface area contributed by atoms with Gasteiger partial charge in [0.1, 0.15) is 5.92 Å². The molecule has 1 rings (SSSR count). The van der Waals surface area contributed by atoms with Crippen molar-refractivity contribution in [2.75, 3.05) is 0 Å². The van der Waals surface area contributed by atoms with Gasteiger partial charge in [0, 0.05) is 5.54 Å². The molecular weight excluding hydrogens is 230 g/mol. The minimum absolute atomic E-state index is 0.228. The Bertz CT molecular complexity index is 324. The summed E-state index contributed by atoms with van der Waals surface area (Å²) in [6.07, 6.45) is 5.28. The Morgan fingerprint density at radius 1 is 1.17 bits per heavy atom. The fourth-order valence-corrected chi connectivity index (χ4v) is 2.70. The van der Waals surface area contributed by atoms with E-state index in [-0.39, 0.29) is 11.4 Å². The van der Waals surface area contributed by atoms with Crippen molar-refractivity contribution < 1.29 is 14.7 Å². The summed E-state index contributed by atoms with van der Waals surface area (Å²) in [6.45, 7) is 7.38. The van der Waals surface area contributed by atoms with Crippen molar-refractivity contribution in [2.24, 2.45) is 11.3 Å². The average molecular weight is 255 g/mol. The van der Waals surface area contributed by atoms with Gasteiger partial charge in [-0.05, 0) is 25.2 Å². The van der Waals surface area contributed by atoms with Crippen LogP contribution in [-0.4, -0.2) is 22.5 Å². The van der Waals surface area contributed by atoms with Crippen molar-refractivity contribution >= 4 is 11.9 Å². The lowest BCUT2D eigenvalue weighted by atomic mass is 9.78. The van der Waals surface area contributed by atoms with E-state index in [0.29, 0.717) is 0 Å². The van der Waals surface area contributed by atoms with E-state index < -0.39 is 17.3 Å². The van der Waals surface area contributed by atoms with Crippen molar-refractivity contribution in [3.8, 4) is 0 Å². The number of amides is 1. The summed E-state index contributed by atoms with van der Waals surface area (Å²) in [7, 11) is 0. The molecule has 18 heavy (non-hydrogen) atoms. The van der Waals surface area contributed by atoms with Crippen LogP contribution in [0.1, 0.15) is 59.8 Å². The quantitative estimate of drug-likeness (QED) is 0.762. The Balaban J connectivity index is 2.76. The molecular formula is C14H25NO3. The normalized spacial score (nSPS) is 21.1. The van der Waals surface area contributed by atoms with Crippen LogP contribution >= 0.6 is 0 Å². The number of carbonyl (C=O) groups is 2. The molecule has 1 aliphatic rings. The number of carboxylic acid groups (broad SMARTS) is 1. The van der Waals surface area contributed by atoms with E-state index in [2.05, 4.69) is 5.32 Å². The predicted molar refractivity (Wildman–Crippen MR) is 70.2 cm³/mol. The summed E-state index contributed by atoms with van der Waals surface area (Å²) in [5.74, 6) is -2.38. The molecule has 1 atom stereocenters. The average Bonchev–Trinajstić information content (AvgIpc) is 2.13. The van der Waals surface area contributed by atoms with Crippen molar-refractivity contribution in [1.29, 1.82) is 0 Å². The van der Waals surface area contributed by atoms with Gasteiger partial charge in [-0.15, -0.1) is 0 Å². The van der Waals surface area contributed by atoms with Gasteiger partial charge in [-0.2, -0.15) is 0 Å². The second kappa shape index (κ2) is 5.29. The highest BCUT2D eigenvalue weighted by atomic mass is 16.4. The molecule has 1 saturated carbocycles. The van der Waals surface area contributed by atoms with Gasteiger partial charge >= 0.3 is 5.97 Å². The minimum atomic E-state index is -1.04. The number of hydrogen-bond donors (Lipinski definition) is 2. The molecule has 0 radical (unpaired) electrons. The van der Waals surface area contributed by atoms with Gasteiger partial charge in [0.25, 0.3) is 0 Å². The number of hydrogen-bond acceptors (Lipinski definition) is 2. The third kappa shape index (κ3) is 3.72. The molecule has 0 aromatic carbocycles. The lowest BCUT2D eigenvalue weighted by Crippen LogP contribution is -2.53. The molecule has 1 amide bonds. The van der Waals surface area contributed by atoms with Crippen LogP contribution in [0.15, 0.2) is 0 Å². The third-order valence-electron chi connectivity index (χ3n) is 3.76. The van der Waals surface area contributed by atoms with Crippen molar-refractivity contribution in [3.05, 3.63) is 0 Å². The standard InChI is InChI=1S/C14H25NO3/c1-13(2,3)10(12(17)18)11(16)15-14(4)8-6-5-7-9-14/h10H,5-9H2,1-4H3,(H,15,16)(H,17,18). The van der Waals surface area contributed by atoms with Gasteiger partial charge in [-0.25, -0.2) is 0 Å². The van der Waals surface area contributed by atoms with E-state index in [1.807, 2.05) is 6.92 Å². The van der Waals surface area contributed by atoms with E-state index in [9.17, 15) is 14.7 Å². The molecule has 2 N–H and O–H groups in total. The van der Waals surface area contributed by atoms with E-state index in [4.69, 9.17) is 0 Å². The largest absolute Gasteiger partial charge is 0.481 e. The van der Waals surface area contributed by atoms with Gasteiger partial charge < -0.3 is 10.4 Å². The van der Waals surface area contributed by atoms with Crippen molar-refractivity contribution in [1.82, 2.24) is 5.32 Å². The molecule has 4 heteroatoms. The predicted octanol–water partition coefficient (Wildman–Crippen LogP) is 2.57. The zero-order valence-corrected chi connectivity index (χ0v) is 11.9. The Kier molecular flexibility index (Phi) is 4.41. The molecule has 0 saturated heterocycles. The zero-order valence-electron chi connectivity index (χ0n) is 11.9. The van der Waals surface area contributed by atoms with Gasteiger partial charge in [0.05, 0.1) is 0 Å². The maximum atomic E-state index is 12.2. The lowest BCUT2D eigenvalue weighted by Gasteiger charge is -2.37. The molecule has 0 bridgehead atoms. The van der Waals surface area contributed by atoms with Crippen LogP contribution in [0.25, 0.3) is 0 Å². The smallest absolute Gasteiger partial charge is 0.316 e. The Morgan fingerprint density at radius 2 is 1.67 bits per heavy atom. The second-order valence-electron chi connectivity index (χ2n) is 6.75. The van der Waals surface area contributed by atoms with Gasteiger partial charge in [0.2, 0.25) is 5.91 Å². The van der Waals surface area contributed by atoms with E-state index in [1.54, 1.807) is 20.8 Å². The minimum Gasteiger partial charge on any atom is -0.481 e. The van der Waals surface area contributed by atoms with Crippen molar-refractivity contribution in [3.63, 3.8) is 0 Å². The third-order valence-corrected chi connectivity index (χ3v) is 3.76. The van der Waals surface area contributed by atoms with Gasteiger partial charge in [0.15, 0.2) is 0 Å². The fourth-order valence-electron chi connectivity index (χ4n) is 2.70. The van der Waals surface area contributed by atoms with Crippen LogP contribution < -0.4 is 5.32 Å². The first kappa shape index (κ1) is 15.0. The van der Waals surface area contributed by atoms with Crippen LogP contribution in [-0.2, 0) is 9.59 Å². The van der Waals surface area contributed by atoms with E-state index >= 15 is 0 Å². The first-order valence-electron chi connectivity index (χ1n) is 6.70. The molecule has 0 aliphatic heterocycles. The van der Waals surface area contributed by atoms with Crippen LogP contribution in [0.5, 0.6) is 0 Å². The summed E-state index contributed by atoms with van der Waals surface area (Å²) in [5.41, 5.74) is -0.796. The highest BCUT2D eigenvalue weighted by molar-refractivity contribution is 5.98. The number of carbonyl (C=O) groups excluding carboxylic acids is 1. The highest BCUT2D eigenvalue weighted by Crippen LogP contribution is 2.31. The molecule has 104 valence electrons. The molecule has 0 aromatic heterocycles. The summed E-state index contributed by atoms with van der Waals surface area (Å²) >= 11 is 0. The Morgan fingerprint density at radius 3 is 2.06 bits per heavy atom. The Labute approximate surface area is 109 Å². The number of aliphatic carboxylic acids is 1. The highest BCUT2D eigenvalue weighted by Gasteiger charge is 2.40. The zero-order chi connectivity index (χ0) is 14.0. The molecule has 4 nitrogen and oxygen atoms in total. The summed E-state index contributed by atoms with van der Waals surface area (Å²) < 4.78 is 0. The number of nitrogens with one attached hydrogen (secondary N) is 1. The van der Waals surface area contributed by atoms with E-state index in [1.165, 1.54) is 6.42 Å². The maximum absolute atomic E-state index is 12.2. The Hall–Kier alpha value is -1.06. The molecule has 1 fully saturated rings. The number of rotatable bonds is 3. The SMILES string of the molecule is CC1(NC(=O)C(C(=O)O)C(C)(C)C)CCCCC1. The summed E-state index contributed by atoms with van der Waals surface area (Å²) in [4.78, 5) is 23.5. The topological polar surface area (TPSA) is 66.4 Å². The summed E-state index contributed by atoms with van der Waals surface area (Å²) in [5, 5.41) is 12.2. The van der Waals surface area contributed by atoms with Gasteiger partial charge in [-0.3, -0.25) is 9.59 Å². The second-order valence-corrected chi connectivity index (χ2v) is 6.75. The number of carboxylic acids is 1. The first-order valence-corrected chi connectivity index (χ1v) is 6.70. The lowest BCUT2D eigenvalue weighted by molar-refractivity contribution is -0.152. The molecule has 1 unspecified atom stereocenters. The van der Waals surface area contributed by atoms with Gasteiger partial charge in [-0.1, -0.05) is 40.0 Å². The summed E-state index contributed by atoms with van der Waals surface area (Å²) in [6, 6.07) is 0. The fraction of sp³-hybridized carbons (Fsp3) is 0.857. The molecule has 0 spiro atoms. The molecule has 0 aromatic rings.